The lowest BCUT2D eigenvalue weighted by Gasteiger charge is -1.98. The summed E-state index contributed by atoms with van der Waals surface area (Å²) in [6, 6.07) is 17.6. The van der Waals surface area contributed by atoms with E-state index in [9.17, 15) is 4.79 Å². The molecule has 19 heavy (non-hydrogen) atoms. The number of hydrogen-bond acceptors (Lipinski definition) is 2. The van der Waals surface area contributed by atoms with Gasteiger partial charge >= 0.3 is 0 Å². The standard InChI is InChI=1S/C17H14OS/c1-14(18)16-9-11-17(12-10-16)19-13-5-8-15-6-3-2-4-7-15/h2-4,6-7,9-12H,13H2,1H3. The lowest BCUT2D eigenvalue weighted by molar-refractivity contribution is 0.101. The van der Waals surface area contributed by atoms with Gasteiger partial charge in [0.2, 0.25) is 0 Å². The molecule has 0 bridgehead atoms. The molecular formula is C17H14OS. The number of carbonyl (C=O) groups excluding carboxylic acids is 1. The first-order valence-electron chi connectivity index (χ1n) is 6.03. The zero-order valence-corrected chi connectivity index (χ0v) is 11.5. The fourth-order valence-electron chi connectivity index (χ4n) is 1.56. The second-order valence-electron chi connectivity index (χ2n) is 4.04. The largest absolute Gasteiger partial charge is 0.295 e. The van der Waals surface area contributed by atoms with E-state index in [1.807, 2.05) is 54.6 Å². The Bertz CT molecular complexity index is 603. The molecule has 0 aliphatic carbocycles. The van der Waals surface area contributed by atoms with Crippen molar-refractivity contribution in [3.8, 4) is 11.8 Å². The summed E-state index contributed by atoms with van der Waals surface area (Å²) >= 11 is 1.68. The highest BCUT2D eigenvalue weighted by Gasteiger charge is 1.98. The molecule has 0 N–H and O–H groups in total. The van der Waals surface area contributed by atoms with Crippen LogP contribution in [0.2, 0.25) is 0 Å². The van der Waals surface area contributed by atoms with Crippen molar-refractivity contribution in [3.05, 3.63) is 65.7 Å². The van der Waals surface area contributed by atoms with E-state index in [1.165, 1.54) is 0 Å². The molecule has 2 aromatic rings. The molecule has 0 amide bonds. The molecule has 0 radical (unpaired) electrons. The van der Waals surface area contributed by atoms with Gasteiger partial charge in [-0.2, -0.15) is 0 Å². The van der Waals surface area contributed by atoms with Crippen LogP contribution in [-0.2, 0) is 0 Å². The van der Waals surface area contributed by atoms with Crippen LogP contribution in [0.3, 0.4) is 0 Å². The van der Waals surface area contributed by atoms with Gasteiger partial charge in [0.15, 0.2) is 5.78 Å². The van der Waals surface area contributed by atoms with Crippen molar-refractivity contribution in [2.75, 3.05) is 5.75 Å². The summed E-state index contributed by atoms with van der Waals surface area (Å²) in [6.45, 7) is 1.58. The van der Waals surface area contributed by atoms with Gasteiger partial charge in [0.25, 0.3) is 0 Å². The van der Waals surface area contributed by atoms with Crippen LogP contribution in [0.4, 0.5) is 0 Å². The van der Waals surface area contributed by atoms with Crippen LogP contribution in [0.15, 0.2) is 59.5 Å². The first-order valence-corrected chi connectivity index (χ1v) is 7.02. The Labute approximate surface area is 118 Å². The van der Waals surface area contributed by atoms with E-state index >= 15 is 0 Å². The summed E-state index contributed by atoms with van der Waals surface area (Å²) in [5.41, 5.74) is 1.79. The van der Waals surface area contributed by atoms with Crippen LogP contribution in [-0.4, -0.2) is 11.5 Å². The van der Waals surface area contributed by atoms with Crippen LogP contribution < -0.4 is 0 Å². The third kappa shape index (κ3) is 4.31. The number of hydrogen-bond donors (Lipinski definition) is 0. The fourth-order valence-corrected chi connectivity index (χ4v) is 2.20. The zero-order valence-electron chi connectivity index (χ0n) is 10.7. The number of rotatable bonds is 3. The molecule has 2 heteroatoms. The van der Waals surface area contributed by atoms with E-state index in [0.29, 0.717) is 0 Å². The quantitative estimate of drug-likeness (QED) is 0.474. The highest BCUT2D eigenvalue weighted by atomic mass is 32.2. The van der Waals surface area contributed by atoms with Crippen molar-refractivity contribution in [1.29, 1.82) is 0 Å². The average molecular weight is 266 g/mol. The number of carbonyl (C=O) groups is 1. The predicted molar refractivity (Wildman–Crippen MR) is 80.5 cm³/mol. The maximum absolute atomic E-state index is 11.1. The molecule has 0 saturated heterocycles. The van der Waals surface area contributed by atoms with Gasteiger partial charge in [-0.25, -0.2) is 0 Å². The van der Waals surface area contributed by atoms with E-state index in [2.05, 4.69) is 11.8 Å². The van der Waals surface area contributed by atoms with Crippen molar-refractivity contribution in [2.24, 2.45) is 0 Å². The Balaban J connectivity index is 1.89. The van der Waals surface area contributed by atoms with Crippen LogP contribution in [0.1, 0.15) is 22.8 Å². The van der Waals surface area contributed by atoms with Gasteiger partial charge < -0.3 is 0 Å². The van der Waals surface area contributed by atoms with Crippen LogP contribution in [0, 0.1) is 11.8 Å². The van der Waals surface area contributed by atoms with Crippen molar-refractivity contribution in [1.82, 2.24) is 0 Å². The summed E-state index contributed by atoms with van der Waals surface area (Å²) < 4.78 is 0. The normalized spacial score (nSPS) is 9.53. The van der Waals surface area contributed by atoms with E-state index in [0.717, 1.165) is 21.8 Å². The number of ketones is 1. The molecule has 0 aliphatic rings. The van der Waals surface area contributed by atoms with E-state index in [4.69, 9.17) is 0 Å². The second kappa shape index (κ2) is 6.82. The van der Waals surface area contributed by atoms with Crippen molar-refractivity contribution < 1.29 is 4.79 Å². The molecular weight excluding hydrogens is 252 g/mol. The predicted octanol–water partition coefficient (Wildman–Crippen LogP) is 4.03. The van der Waals surface area contributed by atoms with Gasteiger partial charge in [-0.3, -0.25) is 4.79 Å². The second-order valence-corrected chi connectivity index (χ2v) is 5.09. The van der Waals surface area contributed by atoms with Crippen molar-refractivity contribution in [3.63, 3.8) is 0 Å². The van der Waals surface area contributed by atoms with Gasteiger partial charge in [-0.05, 0) is 31.2 Å². The molecule has 0 heterocycles. The fraction of sp³-hybridized carbons (Fsp3) is 0.118. The molecule has 0 spiro atoms. The van der Waals surface area contributed by atoms with E-state index < -0.39 is 0 Å². The molecule has 0 fully saturated rings. The molecule has 0 atom stereocenters. The summed E-state index contributed by atoms with van der Waals surface area (Å²) in [5.74, 6) is 7.10. The summed E-state index contributed by atoms with van der Waals surface area (Å²) in [7, 11) is 0. The SMILES string of the molecule is CC(=O)c1ccc(SCC#Cc2ccccc2)cc1. The van der Waals surface area contributed by atoms with Gasteiger partial charge in [-0.1, -0.05) is 42.2 Å². The zero-order chi connectivity index (χ0) is 13.5. The minimum Gasteiger partial charge on any atom is -0.295 e. The highest BCUT2D eigenvalue weighted by molar-refractivity contribution is 7.99. The Hall–Kier alpha value is -1.98. The van der Waals surface area contributed by atoms with Gasteiger partial charge in [0, 0.05) is 16.0 Å². The molecule has 0 saturated carbocycles. The number of benzene rings is 2. The summed E-state index contributed by atoms with van der Waals surface area (Å²) in [5, 5.41) is 0. The van der Waals surface area contributed by atoms with E-state index in [-0.39, 0.29) is 5.78 Å². The topological polar surface area (TPSA) is 17.1 Å². The maximum atomic E-state index is 11.1. The maximum Gasteiger partial charge on any atom is 0.159 e. The Morgan fingerprint density at radius 2 is 1.74 bits per heavy atom. The van der Waals surface area contributed by atoms with Crippen LogP contribution in [0.25, 0.3) is 0 Å². The highest BCUT2D eigenvalue weighted by Crippen LogP contribution is 2.17. The van der Waals surface area contributed by atoms with E-state index in [1.54, 1.807) is 18.7 Å². The van der Waals surface area contributed by atoms with Gasteiger partial charge in [0.1, 0.15) is 0 Å². The molecule has 1 nitrogen and oxygen atoms in total. The van der Waals surface area contributed by atoms with Crippen LogP contribution in [0.5, 0.6) is 0 Å². The number of Topliss-reactive ketones (excluding diaryl/α,β-unsaturated/α-hetero) is 1. The molecule has 0 unspecified atom stereocenters. The van der Waals surface area contributed by atoms with Crippen LogP contribution >= 0.6 is 11.8 Å². The Kier molecular flexibility index (Phi) is 4.83. The smallest absolute Gasteiger partial charge is 0.159 e. The van der Waals surface area contributed by atoms with Gasteiger partial charge in [0.05, 0.1) is 5.75 Å². The van der Waals surface area contributed by atoms with Gasteiger partial charge in [-0.15, -0.1) is 11.8 Å². The lowest BCUT2D eigenvalue weighted by Crippen LogP contribution is -1.90. The Morgan fingerprint density at radius 1 is 1.05 bits per heavy atom. The lowest BCUT2D eigenvalue weighted by atomic mass is 10.2. The summed E-state index contributed by atoms with van der Waals surface area (Å²) in [4.78, 5) is 12.3. The monoisotopic (exact) mass is 266 g/mol. The third-order valence-corrected chi connectivity index (χ3v) is 3.47. The molecule has 2 rings (SSSR count). The van der Waals surface area contributed by atoms with Crippen molar-refractivity contribution >= 4 is 17.5 Å². The molecule has 0 aromatic heterocycles. The molecule has 94 valence electrons. The summed E-state index contributed by atoms with van der Waals surface area (Å²) in [6.07, 6.45) is 0. The first kappa shape index (κ1) is 13.5. The molecule has 2 aromatic carbocycles. The van der Waals surface area contributed by atoms with Crippen molar-refractivity contribution in [2.45, 2.75) is 11.8 Å². The first-order chi connectivity index (χ1) is 9.25. The molecule has 0 aliphatic heterocycles. The average Bonchev–Trinajstić information content (AvgIpc) is 2.45. The minimum atomic E-state index is 0.0976. The third-order valence-electron chi connectivity index (χ3n) is 2.58. The minimum absolute atomic E-state index is 0.0976. The Morgan fingerprint density at radius 3 is 2.37 bits per heavy atom. The number of thioether (sulfide) groups is 1.